The number of ether oxygens (including phenoxy) is 1. The molecule has 5 heteroatoms. The highest BCUT2D eigenvalue weighted by molar-refractivity contribution is 5.84. The van der Waals surface area contributed by atoms with Crippen LogP contribution >= 0.6 is 0 Å². The Morgan fingerprint density at radius 2 is 2.10 bits per heavy atom. The molecule has 1 aromatic rings. The van der Waals surface area contributed by atoms with Gasteiger partial charge in [0.2, 0.25) is 0 Å². The number of carbonyl (C=O) groups is 1. The first-order valence-corrected chi connectivity index (χ1v) is 7.50. The van der Waals surface area contributed by atoms with Crippen LogP contribution in [-0.2, 0) is 9.53 Å². The van der Waals surface area contributed by atoms with Crippen molar-refractivity contribution in [3.63, 3.8) is 0 Å². The molecule has 21 heavy (non-hydrogen) atoms. The van der Waals surface area contributed by atoms with Gasteiger partial charge in [0.1, 0.15) is 5.60 Å². The summed E-state index contributed by atoms with van der Waals surface area (Å²) in [5.41, 5.74) is 6.90. The zero-order valence-electron chi connectivity index (χ0n) is 13.0. The maximum atomic E-state index is 12.2. The molecule has 1 saturated heterocycles. The van der Waals surface area contributed by atoms with Crippen LogP contribution in [-0.4, -0.2) is 31.2 Å². The van der Waals surface area contributed by atoms with Gasteiger partial charge in [-0.15, -0.1) is 0 Å². The molecule has 2 atom stereocenters. The predicted octanol–water partition coefficient (Wildman–Crippen LogP) is 1.38. The number of carbonyl (C=O) groups excluding carboxylic acids is 1. The van der Waals surface area contributed by atoms with Crippen molar-refractivity contribution >= 4 is 5.91 Å². The molecular formula is C16H25N3O2. The third-order valence-corrected chi connectivity index (χ3v) is 3.83. The first kappa shape index (κ1) is 15.9. The van der Waals surface area contributed by atoms with Crippen molar-refractivity contribution < 1.29 is 9.53 Å². The lowest BCUT2D eigenvalue weighted by Crippen LogP contribution is -2.46. The highest BCUT2D eigenvalue weighted by atomic mass is 16.5. The van der Waals surface area contributed by atoms with E-state index < -0.39 is 5.60 Å². The van der Waals surface area contributed by atoms with Gasteiger partial charge in [-0.05, 0) is 26.3 Å². The Morgan fingerprint density at radius 3 is 2.76 bits per heavy atom. The lowest BCUT2D eigenvalue weighted by atomic mass is 9.94. The van der Waals surface area contributed by atoms with Crippen LogP contribution in [0.2, 0.25) is 0 Å². The maximum absolute atomic E-state index is 12.2. The lowest BCUT2D eigenvalue weighted by molar-refractivity contribution is -0.142. The van der Waals surface area contributed by atoms with Crippen molar-refractivity contribution in [1.82, 2.24) is 16.2 Å². The molecule has 0 spiro atoms. The van der Waals surface area contributed by atoms with Crippen LogP contribution in [0.1, 0.15) is 32.4 Å². The van der Waals surface area contributed by atoms with Crippen LogP contribution in [0.25, 0.3) is 0 Å². The summed E-state index contributed by atoms with van der Waals surface area (Å²) in [6.45, 7) is 7.46. The Kier molecular flexibility index (Phi) is 5.33. The first-order chi connectivity index (χ1) is 10.0. The van der Waals surface area contributed by atoms with Gasteiger partial charge < -0.3 is 10.1 Å². The maximum Gasteiger partial charge on any atom is 0.251 e. The van der Waals surface area contributed by atoms with E-state index in [1.807, 2.05) is 25.1 Å². The fraction of sp³-hybridized carbons (Fsp3) is 0.562. The zero-order valence-corrected chi connectivity index (χ0v) is 13.0. The van der Waals surface area contributed by atoms with E-state index in [0.29, 0.717) is 19.1 Å². The number of hydrogen-bond donors (Lipinski definition) is 3. The minimum absolute atomic E-state index is 0.0666. The van der Waals surface area contributed by atoms with Crippen LogP contribution in [0.4, 0.5) is 0 Å². The largest absolute Gasteiger partial charge is 0.366 e. The fourth-order valence-electron chi connectivity index (χ4n) is 2.60. The van der Waals surface area contributed by atoms with Crippen molar-refractivity contribution in [2.24, 2.45) is 5.92 Å². The van der Waals surface area contributed by atoms with Crippen molar-refractivity contribution in [1.29, 1.82) is 0 Å². The second kappa shape index (κ2) is 7.02. The normalized spacial score (nSPS) is 22.2. The molecule has 1 aliphatic rings. The van der Waals surface area contributed by atoms with E-state index in [2.05, 4.69) is 28.3 Å². The molecule has 0 aliphatic carbocycles. The highest BCUT2D eigenvalue weighted by Crippen LogP contribution is 2.24. The smallest absolute Gasteiger partial charge is 0.251 e. The molecule has 1 aromatic carbocycles. The second-order valence-electron chi connectivity index (χ2n) is 5.83. The second-order valence-corrected chi connectivity index (χ2v) is 5.83. The van der Waals surface area contributed by atoms with E-state index in [9.17, 15) is 4.79 Å². The van der Waals surface area contributed by atoms with Gasteiger partial charge in [-0.25, -0.2) is 5.43 Å². The molecule has 5 nitrogen and oxygen atoms in total. The summed E-state index contributed by atoms with van der Waals surface area (Å²) in [6, 6.07) is 10.5. The first-order valence-electron chi connectivity index (χ1n) is 7.50. The van der Waals surface area contributed by atoms with Crippen LogP contribution in [0, 0.1) is 5.92 Å². The monoisotopic (exact) mass is 291 g/mol. The molecule has 2 rings (SSSR count). The minimum Gasteiger partial charge on any atom is -0.366 e. The van der Waals surface area contributed by atoms with Gasteiger partial charge in [0.25, 0.3) is 5.91 Å². The molecule has 1 fully saturated rings. The van der Waals surface area contributed by atoms with E-state index >= 15 is 0 Å². The molecule has 0 aromatic heterocycles. The number of hydrazine groups is 1. The van der Waals surface area contributed by atoms with E-state index in [1.54, 1.807) is 13.8 Å². The quantitative estimate of drug-likeness (QED) is 0.741. The SMILES string of the molecule is CCOC(C)(C)C(=O)NCC1CNNC1c1ccccc1. The van der Waals surface area contributed by atoms with E-state index in [4.69, 9.17) is 4.74 Å². The number of rotatable bonds is 6. The van der Waals surface area contributed by atoms with Crippen molar-refractivity contribution in [2.45, 2.75) is 32.4 Å². The van der Waals surface area contributed by atoms with Crippen molar-refractivity contribution in [2.75, 3.05) is 19.7 Å². The number of hydrogen-bond acceptors (Lipinski definition) is 4. The van der Waals surface area contributed by atoms with Gasteiger partial charge >= 0.3 is 0 Å². The molecule has 3 N–H and O–H groups in total. The Hall–Kier alpha value is -1.43. The third-order valence-electron chi connectivity index (χ3n) is 3.83. The Morgan fingerprint density at radius 1 is 1.38 bits per heavy atom. The van der Waals surface area contributed by atoms with Crippen LogP contribution in [0.5, 0.6) is 0 Å². The number of benzene rings is 1. The molecular weight excluding hydrogens is 266 g/mol. The molecule has 0 radical (unpaired) electrons. The van der Waals surface area contributed by atoms with Crippen molar-refractivity contribution in [3.8, 4) is 0 Å². The average molecular weight is 291 g/mol. The van der Waals surface area contributed by atoms with Crippen molar-refractivity contribution in [3.05, 3.63) is 35.9 Å². The summed E-state index contributed by atoms with van der Waals surface area (Å²) >= 11 is 0. The average Bonchev–Trinajstić information content (AvgIpc) is 2.94. The van der Waals surface area contributed by atoms with Crippen LogP contribution in [0.15, 0.2) is 30.3 Å². The number of amides is 1. The number of nitrogens with one attached hydrogen (secondary N) is 3. The summed E-state index contributed by atoms with van der Waals surface area (Å²) in [5.74, 6) is 0.247. The Bertz CT molecular complexity index is 462. The summed E-state index contributed by atoms with van der Waals surface area (Å²) in [4.78, 5) is 12.2. The van der Waals surface area contributed by atoms with E-state index in [-0.39, 0.29) is 11.9 Å². The van der Waals surface area contributed by atoms with Gasteiger partial charge in [0.05, 0.1) is 6.04 Å². The van der Waals surface area contributed by atoms with Crippen LogP contribution < -0.4 is 16.2 Å². The summed E-state index contributed by atoms with van der Waals surface area (Å²) in [5, 5.41) is 3.01. The van der Waals surface area contributed by atoms with Gasteiger partial charge in [-0.1, -0.05) is 30.3 Å². The molecule has 1 heterocycles. The third kappa shape index (κ3) is 4.03. The summed E-state index contributed by atoms with van der Waals surface area (Å²) in [7, 11) is 0. The molecule has 116 valence electrons. The Labute approximate surface area is 126 Å². The van der Waals surface area contributed by atoms with Gasteiger partial charge in [0.15, 0.2) is 0 Å². The topological polar surface area (TPSA) is 62.4 Å². The van der Waals surface area contributed by atoms with Gasteiger partial charge in [-0.3, -0.25) is 10.2 Å². The molecule has 1 aliphatic heterocycles. The van der Waals surface area contributed by atoms with E-state index in [1.165, 1.54) is 5.56 Å². The van der Waals surface area contributed by atoms with Gasteiger partial charge in [-0.2, -0.15) is 0 Å². The standard InChI is InChI=1S/C16H25N3O2/c1-4-21-16(2,3)15(20)17-10-13-11-18-19-14(13)12-8-6-5-7-9-12/h5-9,13-14,18-19H,4,10-11H2,1-3H3,(H,17,20). The van der Waals surface area contributed by atoms with Gasteiger partial charge in [0, 0.05) is 25.6 Å². The summed E-state index contributed by atoms with van der Waals surface area (Å²) in [6.07, 6.45) is 0. The lowest BCUT2D eigenvalue weighted by Gasteiger charge is -2.25. The predicted molar refractivity (Wildman–Crippen MR) is 82.5 cm³/mol. The van der Waals surface area contributed by atoms with Crippen LogP contribution in [0.3, 0.4) is 0 Å². The molecule has 0 bridgehead atoms. The minimum atomic E-state index is -0.781. The molecule has 1 amide bonds. The fourth-order valence-corrected chi connectivity index (χ4v) is 2.60. The van der Waals surface area contributed by atoms with E-state index in [0.717, 1.165) is 6.54 Å². The zero-order chi connectivity index (χ0) is 15.3. The highest BCUT2D eigenvalue weighted by Gasteiger charge is 2.32. The Balaban J connectivity index is 1.92. The summed E-state index contributed by atoms with van der Waals surface area (Å²) < 4.78 is 5.47. The molecule has 0 saturated carbocycles. The molecule has 2 unspecified atom stereocenters.